The maximum Gasteiger partial charge on any atom is 0.257 e. The van der Waals surface area contributed by atoms with E-state index in [-0.39, 0.29) is 11.5 Å². The standard InChI is InChI=1S/C29H36N2O7/c1-19(20-12-22(34-3)16-23(13-20)35-4)28(38-7)25(29(33)31-10-8-30(2)9-11-31)15-21-14-24(36-5)17-27(37-6)26(21)18-32/h12-17,21H,8-11H2,1-7H3. The van der Waals surface area contributed by atoms with E-state index in [0.29, 0.717) is 53.0 Å². The third kappa shape index (κ3) is 6.30. The molecule has 1 saturated heterocycles. The molecule has 9 heteroatoms. The number of rotatable bonds is 9. The number of allylic oxidation sites excluding steroid dienone is 5. The molecule has 0 saturated carbocycles. The smallest absolute Gasteiger partial charge is 0.257 e. The summed E-state index contributed by atoms with van der Waals surface area (Å²) in [5.74, 6) is 3.56. The first kappa shape index (κ1) is 28.6. The van der Waals surface area contributed by atoms with Gasteiger partial charge in [-0.25, -0.2) is 4.79 Å². The number of piperazine rings is 1. The highest BCUT2D eigenvalue weighted by atomic mass is 16.5. The third-order valence-corrected chi connectivity index (χ3v) is 6.72. The molecule has 3 rings (SSSR count). The highest BCUT2D eigenvalue weighted by Crippen LogP contribution is 2.35. The van der Waals surface area contributed by atoms with Gasteiger partial charge in [0.2, 0.25) is 0 Å². The Kier molecular flexibility index (Phi) is 9.82. The molecule has 0 spiro atoms. The summed E-state index contributed by atoms with van der Waals surface area (Å²) < 4.78 is 27.6. The second-order valence-electron chi connectivity index (χ2n) is 8.96. The minimum atomic E-state index is -0.633. The molecule has 9 nitrogen and oxygen atoms in total. The molecule has 1 aromatic carbocycles. The highest BCUT2D eigenvalue weighted by Gasteiger charge is 2.30. The van der Waals surface area contributed by atoms with Crippen molar-refractivity contribution in [2.45, 2.75) is 6.92 Å². The highest BCUT2D eigenvalue weighted by molar-refractivity contribution is 6.00. The van der Waals surface area contributed by atoms with Gasteiger partial charge in [-0.3, -0.25) is 4.79 Å². The van der Waals surface area contributed by atoms with Crippen molar-refractivity contribution in [2.24, 2.45) is 5.92 Å². The maximum absolute atomic E-state index is 14.0. The van der Waals surface area contributed by atoms with E-state index in [4.69, 9.17) is 23.7 Å². The molecule has 38 heavy (non-hydrogen) atoms. The van der Waals surface area contributed by atoms with Crippen LogP contribution >= 0.6 is 0 Å². The number of nitrogens with zero attached hydrogens (tertiary/aromatic N) is 2. The Balaban J connectivity index is 2.22. The van der Waals surface area contributed by atoms with Gasteiger partial charge in [-0.05, 0) is 43.3 Å². The average Bonchev–Trinajstić information content (AvgIpc) is 2.95. The lowest BCUT2D eigenvalue weighted by atomic mass is 9.89. The van der Waals surface area contributed by atoms with Crippen LogP contribution in [0.4, 0.5) is 0 Å². The zero-order chi connectivity index (χ0) is 27.8. The maximum atomic E-state index is 14.0. The van der Waals surface area contributed by atoms with E-state index in [0.717, 1.165) is 18.7 Å². The summed E-state index contributed by atoms with van der Waals surface area (Å²) in [5.41, 5.74) is 2.03. The van der Waals surface area contributed by atoms with E-state index in [1.54, 1.807) is 43.4 Å². The van der Waals surface area contributed by atoms with Crippen LogP contribution in [-0.2, 0) is 23.8 Å². The molecule has 1 aromatic rings. The Morgan fingerprint density at radius 2 is 1.58 bits per heavy atom. The quantitative estimate of drug-likeness (QED) is 0.211. The molecule has 2 aliphatic rings. The van der Waals surface area contributed by atoms with Gasteiger partial charge in [0.25, 0.3) is 5.91 Å². The number of methoxy groups -OCH3 is 5. The number of likely N-dealkylation sites (N-methyl/N-ethyl adjacent to an activating group) is 1. The summed E-state index contributed by atoms with van der Waals surface area (Å²) in [4.78, 5) is 30.0. The molecule has 1 fully saturated rings. The van der Waals surface area contributed by atoms with Crippen LogP contribution in [-0.4, -0.2) is 90.4 Å². The second kappa shape index (κ2) is 13.0. The summed E-state index contributed by atoms with van der Waals surface area (Å²) in [6.07, 6.45) is 5.08. The van der Waals surface area contributed by atoms with Crippen molar-refractivity contribution in [3.63, 3.8) is 0 Å². The number of carbonyl (C=O) groups is 1. The van der Waals surface area contributed by atoms with E-state index in [1.807, 2.05) is 32.0 Å². The molecule has 1 aliphatic carbocycles. The fourth-order valence-electron chi connectivity index (χ4n) is 4.45. The van der Waals surface area contributed by atoms with E-state index >= 15 is 0 Å². The lowest BCUT2D eigenvalue weighted by molar-refractivity contribution is -0.128. The van der Waals surface area contributed by atoms with Gasteiger partial charge >= 0.3 is 0 Å². The van der Waals surface area contributed by atoms with Gasteiger partial charge in [0, 0.05) is 44.2 Å². The lowest BCUT2D eigenvalue weighted by Gasteiger charge is -2.33. The van der Waals surface area contributed by atoms with Crippen LogP contribution in [0, 0.1) is 5.92 Å². The van der Waals surface area contributed by atoms with Crippen LogP contribution in [0.25, 0.3) is 5.57 Å². The predicted molar refractivity (Wildman–Crippen MR) is 144 cm³/mol. The van der Waals surface area contributed by atoms with Crippen LogP contribution in [0.15, 0.2) is 64.9 Å². The van der Waals surface area contributed by atoms with Crippen molar-refractivity contribution >= 4 is 17.4 Å². The molecule has 1 amide bonds. The SMILES string of the molecule is COC1=CC(C=C(C(=O)N2CCN(C)CC2)C(OC)=C(C)c2cc(OC)cc(OC)c2)C(=C=O)C(OC)=C1. The van der Waals surface area contributed by atoms with Crippen LogP contribution in [0.1, 0.15) is 12.5 Å². The minimum absolute atomic E-state index is 0.199. The molecular formula is C29H36N2O7. The Hall–Kier alpha value is -3.94. The van der Waals surface area contributed by atoms with Gasteiger partial charge in [-0.15, -0.1) is 0 Å². The lowest BCUT2D eigenvalue weighted by Crippen LogP contribution is -2.47. The van der Waals surface area contributed by atoms with E-state index in [9.17, 15) is 9.59 Å². The fraction of sp³-hybridized carbons (Fsp3) is 0.414. The Labute approximate surface area is 224 Å². The number of ether oxygens (including phenoxy) is 5. The fourth-order valence-corrected chi connectivity index (χ4v) is 4.45. The van der Waals surface area contributed by atoms with Gasteiger partial charge in [-0.1, -0.05) is 6.08 Å². The van der Waals surface area contributed by atoms with Crippen molar-refractivity contribution < 1.29 is 33.3 Å². The molecule has 0 N–H and O–H groups in total. The normalized spacial score (nSPS) is 19.0. The van der Waals surface area contributed by atoms with Crippen molar-refractivity contribution in [1.29, 1.82) is 0 Å². The largest absolute Gasteiger partial charge is 0.497 e. The number of benzene rings is 1. The first-order chi connectivity index (χ1) is 18.3. The molecule has 204 valence electrons. The molecule has 0 bridgehead atoms. The van der Waals surface area contributed by atoms with Gasteiger partial charge < -0.3 is 33.5 Å². The van der Waals surface area contributed by atoms with E-state index in [2.05, 4.69) is 4.90 Å². The zero-order valence-electron chi connectivity index (χ0n) is 23.1. The Bertz CT molecular complexity index is 1190. The van der Waals surface area contributed by atoms with Gasteiger partial charge in [-0.2, -0.15) is 0 Å². The first-order valence-corrected chi connectivity index (χ1v) is 12.2. The molecule has 1 unspecified atom stereocenters. The van der Waals surface area contributed by atoms with Crippen molar-refractivity contribution in [3.05, 3.63) is 70.4 Å². The molecule has 1 atom stereocenters. The number of amides is 1. The predicted octanol–water partition coefficient (Wildman–Crippen LogP) is 3.23. The zero-order valence-corrected chi connectivity index (χ0v) is 23.1. The summed E-state index contributed by atoms with van der Waals surface area (Å²) in [6.45, 7) is 4.51. The number of carbonyl (C=O) groups excluding carboxylic acids is 2. The van der Waals surface area contributed by atoms with Crippen LogP contribution < -0.4 is 9.47 Å². The van der Waals surface area contributed by atoms with Gasteiger partial charge in [0.05, 0.1) is 46.7 Å². The summed E-state index contributed by atoms with van der Waals surface area (Å²) in [7, 11) is 9.71. The molecular weight excluding hydrogens is 488 g/mol. The van der Waals surface area contributed by atoms with Crippen LogP contribution in [0.2, 0.25) is 0 Å². The summed E-state index contributed by atoms with van der Waals surface area (Å²) in [5, 5.41) is 0. The van der Waals surface area contributed by atoms with Crippen LogP contribution in [0.5, 0.6) is 11.5 Å². The van der Waals surface area contributed by atoms with Crippen molar-refractivity contribution in [3.8, 4) is 11.5 Å². The van der Waals surface area contributed by atoms with Gasteiger partial charge in [0.15, 0.2) is 0 Å². The summed E-state index contributed by atoms with van der Waals surface area (Å²) in [6, 6.07) is 5.47. The number of hydrogen-bond donors (Lipinski definition) is 0. The third-order valence-electron chi connectivity index (χ3n) is 6.72. The molecule has 1 aliphatic heterocycles. The first-order valence-electron chi connectivity index (χ1n) is 12.2. The monoisotopic (exact) mass is 524 g/mol. The van der Waals surface area contributed by atoms with Gasteiger partial charge in [0.1, 0.15) is 34.7 Å². The Morgan fingerprint density at radius 3 is 2.08 bits per heavy atom. The van der Waals surface area contributed by atoms with Crippen LogP contribution in [0.3, 0.4) is 0 Å². The Morgan fingerprint density at radius 1 is 0.947 bits per heavy atom. The molecule has 1 heterocycles. The molecule has 0 radical (unpaired) electrons. The van der Waals surface area contributed by atoms with Crippen molar-refractivity contribution in [1.82, 2.24) is 9.80 Å². The molecule has 0 aromatic heterocycles. The van der Waals surface area contributed by atoms with Crippen molar-refractivity contribution in [2.75, 3.05) is 68.8 Å². The second-order valence-corrected chi connectivity index (χ2v) is 8.96. The summed E-state index contributed by atoms with van der Waals surface area (Å²) >= 11 is 0. The minimum Gasteiger partial charge on any atom is -0.497 e. The topological polar surface area (TPSA) is 86.8 Å². The van der Waals surface area contributed by atoms with E-state index < -0.39 is 5.92 Å². The number of hydrogen-bond acceptors (Lipinski definition) is 8. The van der Waals surface area contributed by atoms with E-state index in [1.165, 1.54) is 21.3 Å². The average molecular weight is 525 g/mol.